The molecule has 2 heterocycles. The second-order valence-electron chi connectivity index (χ2n) is 8.13. The maximum Gasteiger partial charge on any atom is 0.187 e. The van der Waals surface area contributed by atoms with Crippen LogP contribution in [0.5, 0.6) is 0 Å². The molecule has 0 radical (unpaired) electrons. The van der Waals surface area contributed by atoms with Crippen LogP contribution in [0.4, 0.5) is 0 Å². The lowest BCUT2D eigenvalue weighted by molar-refractivity contribution is -0.356. The van der Waals surface area contributed by atoms with Gasteiger partial charge in [-0.25, -0.2) is 0 Å². The lowest BCUT2D eigenvalue weighted by Gasteiger charge is -2.45. The Bertz CT molecular complexity index is 537. The maximum atomic E-state index is 10.4. The fraction of sp³-hybridized carbons (Fsp3) is 1.00. The standard InChI is InChI=1S/C19H36O13/c1-8(20)4-28-6-10-12(21)13(22)16(25)19(31-10)32-17-11(7-29-5-9(2)27-3)30-18(26)15(24)14(17)23/h8-26H,4-7H2,1-3H3/t8?,9?,10?,11-,12+,13+,14?,15?,16?,17-,18+,19+/m1/s1. The molecule has 13 heteroatoms. The van der Waals surface area contributed by atoms with Crippen LogP contribution in [0.25, 0.3) is 0 Å². The smallest absolute Gasteiger partial charge is 0.187 e. The van der Waals surface area contributed by atoms with Gasteiger partial charge in [-0.15, -0.1) is 0 Å². The van der Waals surface area contributed by atoms with Crippen molar-refractivity contribution in [1.29, 1.82) is 0 Å². The van der Waals surface area contributed by atoms with Gasteiger partial charge in [0.1, 0.15) is 48.8 Å². The lowest BCUT2D eigenvalue weighted by Crippen LogP contribution is -2.64. The summed E-state index contributed by atoms with van der Waals surface area (Å²) in [6, 6.07) is 0. The van der Waals surface area contributed by atoms with Crippen LogP contribution >= 0.6 is 0 Å². The summed E-state index contributed by atoms with van der Waals surface area (Å²) in [5, 5.41) is 70.2. The zero-order chi connectivity index (χ0) is 24.0. The number of rotatable bonds is 11. The Kier molecular flexibility index (Phi) is 11.1. The topological polar surface area (TPSA) is 197 Å². The average molecular weight is 472 g/mol. The van der Waals surface area contributed by atoms with Crippen molar-refractivity contribution in [2.24, 2.45) is 0 Å². The molecular formula is C19H36O13. The summed E-state index contributed by atoms with van der Waals surface area (Å²) in [5.41, 5.74) is 0. The third kappa shape index (κ3) is 7.24. The Morgan fingerprint density at radius 2 is 1.38 bits per heavy atom. The summed E-state index contributed by atoms with van der Waals surface area (Å²) in [4.78, 5) is 0. The molecule has 0 aromatic carbocycles. The fourth-order valence-electron chi connectivity index (χ4n) is 3.32. The molecule has 0 saturated carbocycles. The van der Waals surface area contributed by atoms with E-state index in [0.717, 1.165) is 0 Å². The van der Waals surface area contributed by atoms with E-state index in [1.165, 1.54) is 14.0 Å². The van der Waals surface area contributed by atoms with Crippen molar-refractivity contribution in [3.8, 4) is 0 Å². The third-order valence-electron chi connectivity index (χ3n) is 5.30. The number of aliphatic hydroxyl groups is 7. The maximum absolute atomic E-state index is 10.4. The first-order valence-corrected chi connectivity index (χ1v) is 10.5. The van der Waals surface area contributed by atoms with Gasteiger partial charge in [0.2, 0.25) is 0 Å². The van der Waals surface area contributed by atoms with Crippen molar-refractivity contribution < 1.29 is 64.2 Å². The van der Waals surface area contributed by atoms with Gasteiger partial charge in [-0.05, 0) is 13.8 Å². The van der Waals surface area contributed by atoms with Crippen molar-refractivity contribution in [1.82, 2.24) is 0 Å². The van der Waals surface area contributed by atoms with Crippen LogP contribution in [0.3, 0.4) is 0 Å². The second-order valence-corrected chi connectivity index (χ2v) is 8.13. The van der Waals surface area contributed by atoms with Gasteiger partial charge in [0.05, 0.1) is 38.6 Å². The number of hydrogen-bond donors (Lipinski definition) is 7. The fourth-order valence-corrected chi connectivity index (χ4v) is 3.32. The van der Waals surface area contributed by atoms with E-state index in [4.69, 9.17) is 28.4 Å². The predicted octanol–water partition coefficient (Wildman–Crippen LogP) is -3.93. The highest BCUT2D eigenvalue weighted by Crippen LogP contribution is 2.29. The van der Waals surface area contributed by atoms with Gasteiger partial charge in [0.25, 0.3) is 0 Å². The van der Waals surface area contributed by atoms with Crippen LogP contribution in [0.1, 0.15) is 13.8 Å². The molecule has 12 atom stereocenters. The molecule has 0 bridgehead atoms. The van der Waals surface area contributed by atoms with Crippen molar-refractivity contribution in [3.63, 3.8) is 0 Å². The van der Waals surface area contributed by atoms with E-state index in [9.17, 15) is 35.7 Å². The molecule has 0 spiro atoms. The first-order valence-electron chi connectivity index (χ1n) is 10.5. The van der Waals surface area contributed by atoms with Crippen LogP contribution in [0, 0.1) is 0 Å². The van der Waals surface area contributed by atoms with E-state index in [2.05, 4.69) is 0 Å². The van der Waals surface area contributed by atoms with Gasteiger partial charge in [-0.3, -0.25) is 0 Å². The summed E-state index contributed by atoms with van der Waals surface area (Å²) in [5.74, 6) is 0. The molecule has 2 saturated heterocycles. The monoisotopic (exact) mass is 472 g/mol. The first-order chi connectivity index (χ1) is 15.1. The third-order valence-corrected chi connectivity index (χ3v) is 5.30. The molecule has 190 valence electrons. The predicted molar refractivity (Wildman–Crippen MR) is 104 cm³/mol. The van der Waals surface area contributed by atoms with E-state index in [1.807, 2.05) is 0 Å². The Balaban J connectivity index is 2.07. The molecule has 0 aromatic heterocycles. The minimum absolute atomic E-state index is 0.0463. The average Bonchev–Trinajstić information content (AvgIpc) is 2.75. The molecule has 2 aliphatic heterocycles. The SMILES string of the molecule is COC(C)COC[C@H]1O[C@H](O)C(O)C(O)[C@@H]1O[C@@H]1OC(COCC(C)O)[C@H](O)[C@H](O)C1O. The van der Waals surface area contributed by atoms with Gasteiger partial charge < -0.3 is 64.2 Å². The summed E-state index contributed by atoms with van der Waals surface area (Å²) < 4.78 is 32.2. The highest BCUT2D eigenvalue weighted by atomic mass is 16.7. The summed E-state index contributed by atoms with van der Waals surface area (Å²) in [7, 11) is 1.50. The second kappa shape index (κ2) is 12.8. The number of ether oxygens (including phenoxy) is 6. The molecule has 0 aliphatic carbocycles. The zero-order valence-electron chi connectivity index (χ0n) is 18.3. The van der Waals surface area contributed by atoms with E-state index >= 15 is 0 Å². The summed E-state index contributed by atoms with van der Waals surface area (Å²) >= 11 is 0. The van der Waals surface area contributed by atoms with E-state index in [-0.39, 0.29) is 32.5 Å². The summed E-state index contributed by atoms with van der Waals surface area (Å²) in [6.45, 7) is 3.02. The zero-order valence-corrected chi connectivity index (χ0v) is 18.3. The van der Waals surface area contributed by atoms with Crippen LogP contribution in [-0.2, 0) is 28.4 Å². The molecule has 6 unspecified atom stereocenters. The quantitative estimate of drug-likeness (QED) is 0.154. The van der Waals surface area contributed by atoms with Crippen LogP contribution < -0.4 is 0 Å². The normalized spacial score (nSPS) is 42.6. The molecule has 7 N–H and O–H groups in total. The molecular weight excluding hydrogens is 436 g/mol. The minimum atomic E-state index is -1.71. The largest absolute Gasteiger partial charge is 0.391 e. The highest BCUT2D eigenvalue weighted by Gasteiger charge is 2.50. The Hall–Kier alpha value is -0.520. The molecule has 13 nitrogen and oxygen atoms in total. The molecule has 2 fully saturated rings. The van der Waals surface area contributed by atoms with Gasteiger partial charge in [0, 0.05) is 7.11 Å². The molecule has 0 amide bonds. The molecule has 2 rings (SSSR count). The van der Waals surface area contributed by atoms with Gasteiger partial charge in [0.15, 0.2) is 12.6 Å². The lowest BCUT2D eigenvalue weighted by atomic mass is 9.97. The molecule has 32 heavy (non-hydrogen) atoms. The number of methoxy groups -OCH3 is 1. The number of aliphatic hydroxyl groups excluding tert-OH is 7. The van der Waals surface area contributed by atoms with Crippen molar-refractivity contribution in [2.75, 3.05) is 33.5 Å². The first kappa shape index (κ1) is 27.7. The van der Waals surface area contributed by atoms with Crippen LogP contribution in [0.2, 0.25) is 0 Å². The minimum Gasteiger partial charge on any atom is -0.391 e. The molecule has 0 aromatic rings. The Morgan fingerprint density at radius 1 is 0.750 bits per heavy atom. The van der Waals surface area contributed by atoms with Crippen molar-refractivity contribution >= 4 is 0 Å². The van der Waals surface area contributed by atoms with Crippen molar-refractivity contribution in [2.45, 2.75) is 87.5 Å². The van der Waals surface area contributed by atoms with Gasteiger partial charge in [-0.2, -0.15) is 0 Å². The van der Waals surface area contributed by atoms with Crippen LogP contribution in [0.15, 0.2) is 0 Å². The highest BCUT2D eigenvalue weighted by molar-refractivity contribution is 4.94. The van der Waals surface area contributed by atoms with E-state index in [1.54, 1.807) is 6.92 Å². The Morgan fingerprint density at radius 3 is 2.00 bits per heavy atom. The van der Waals surface area contributed by atoms with Gasteiger partial charge in [-0.1, -0.05) is 0 Å². The van der Waals surface area contributed by atoms with E-state index < -0.39 is 67.5 Å². The summed E-state index contributed by atoms with van der Waals surface area (Å²) in [6.07, 6.45) is -16.0. The van der Waals surface area contributed by atoms with Crippen LogP contribution in [-0.4, -0.2) is 143 Å². The molecule has 2 aliphatic rings. The number of hydrogen-bond acceptors (Lipinski definition) is 13. The van der Waals surface area contributed by atoms with Gasteiger partial charge >= 0.3 is 0 Å². The Labute approximate surface area is 186 Å². The van der Waals surface area contributed by atoms with Crippen molar-refractivity contribution in [3.05, 3.63) is 0 Å². The van der Waals surface area contributed by atoms with E-state index in [0.29, 0.717) is 0 Å².